The zero-order valence-corrected chi connectivity index (χ0v) is 12.9. The van der Waals surface area contributed by atoms with Gasteiger partial charge < -0.3 is 0 Å². The number of rotatable bonds is 1. The molecule has 0 aromatic heterocycles. The topological polar surface area (TPSA) is 0 Å². The molecule has 0 saturated carbocycles. The van der Waals surface area contributed by atoms with Crippen molar-refractivity contribution in [3.05, 3.63) is 47.1 Å². The molecule has 0 aliphatic heterocycles. The molecule has 0 N–H and O–H groups in total. The zero-order chi connectivity index (χ0) is 11.0. The summed E-state index contributed by atoms with van der Waals surface area (Å²) in [4.78, 5) is 0. The standard InChI is InChI=1S/C8H13.C6H7.Zr/c1-5-7(3)8(4)6-2;1-6-4-2-3-5-6;/h5H,1-4H3;2,4H,3H2,1H3;/q2*-1;+2/b7-5+;;. The predicted octanol–water partition coefficient (Wildman–Crippen LogP) is 4.42. The quantitative estimate of drug-likeness (QED) is 0.492. The van der Waals surface area contributed by atoms with Gasteiger partial charge in [0, 0.05) is 0 Å². The van der Waals surface area contributed by atoms with Crippen molar-refractivity contribution in [2.45, 2.75) is 41.0 Å². The molecule has 0 aromatic rings. The van der Waals surface area contributed by atoms with Crippen LogP contribution in [0.15, 0.2) is 34.9 Å². The first-order valence-electron chi connectivity index (χ1n) is 5.00. The monoisotopic (exact) mass is 278 g/mol. The van der Waals surface area contributed by atoms with Crippen LogP contribution in [0.3, 0.4) is 0 Å². The molecule has 0 nitrogen and oxygen atoms in total. The minimum Gasteiger partial charge on any atom is -0.275 e. The maximum absolute atomic E-state index is 3.12. The van der Waals surface area contributed by atoms with Crippen molar-refractivity contribution in [1.29, 1.82) is 0 Å². The molecule has 80 valence electrons. The molecule has 0 bridgehead atoms. The third kappa shape index (κ3) is 8.81. The molecule has 1 heteroatoms. The van der Waals surface area contributed by atoms with Crippen LogP contribution in [-0.4, -0.2) is 0 Å². The van der Waals surface area contributed by atoms with Crippen LogP contribution in [0.1, 0.15) is 41.0 Å². The first-order valence-corrected chi connectivity index (χ1v) is 5.00. The summed E-state index contributed by atoms with van der Waals surface area (Å²) in [6.07, 6.45) is 13.5. The molecule has 1 aliphatic carbocycles. The van der Waals surface area contributed by atoms with Crippen molar-refractivity contribution in [3.63, 3.8) is 0 Å². The number of hydrogen-bond donors (Lipinski definition) is 0. The zero-order valence-electron chi connectivity index (χ0n) is 10.4. The molecule has 0 radical (unpaired) electrons. The van der Waals surface area contributed by atoms with Gasteiger partial charge in [-0.05, 0) is 0 Å². The van der Waals surface area contributed by atoms with Gasteiger partial charge in [0.05, 0.1) is 0 Å². The van der Waals surface area contributed by atoms with E-state index in [4.69, 9.17) is 0 Å². The van der Waals surface area contributed by atoms with Gasteiger partial charge in [-0.15, -0.1) is 20.3 Å². The fraction of sp³-hybridized carbons (Fsp3) is 0.429. The van der Waals surface area contributed by atoms with E-state index in [2.05, 4.69) is 51.2 Å². The SMILES string of the molecule is CC1=[C-]CC=C1.C[C-]=C(C)/C(C)=C/C.[Zr+2]. The molecular weight excluding hydrogens is 259 g/mol. The molecule has 0 fully saturated rings. The van der Waals surface area contributed by atoms with Crippen molar-refractivity contribution in [1.82, 2.24) is 0 Å². The van der Waals surface area contributed by atoms with Gasteiger partial charge in [0.25, 0.3) is 0 Å². The van der Waals surface area contributed by atoms with Crippen LogP contribution in [-0.2, 0) is 26.2 Å². The maximum Gasteiger partial charge on any atom is 2.00 e. The van der Waals surface area contributed by atoms with Gasteiger partial charge in [-0.2, -0.15) is 12.2 Å². The Kier molecular flexibility index (Phi) is 11.9. The predicted molar refractivity (Wildman–Crippen MR) is 63.7 cm³/mol. The van der Waals surface area contributed by atoms with E-state index in [9.17, 15) is 0 Å². The van der Waals surface area contributed by atoms with Crippen LogP contribution in [0.2, 0.25) is 0 Å². The van der Waals surface area contributed by atoms with E-state index in [0.29, 0.717) is 0 Å². The molecule has 0 unspecified atom stereocenters. The van der Waals surface area contributed by atoms with E-state index in [1.54, 1.807) is 0 Å². The minimum atomic E-state index is 0. The summed E-state index contributed by atoms with van der Waals surface area (Å²) in [5, 5.41) is 0. The van der Waals surface area contributed by atoms with Gasteiger partial charge in [-0.1, -0.05) is 20.8 Å². The molecule has 0 amide bonds. The molecule has 0 heterocycles. The van der Waals surface area contributed by atoms with Gasteiger partial charge >= 0.3 is 26.2 Å². The molecular formula is C14H20Zr. The summed E-state index contributed by atoms with van der Waals surface area (Å²) in [5.74, 6) is 0. The van der Waals surface area contributed by atoms with Gasteiger partial charge in [-0.25, -0.2) is 22.8 Å². The van der Waals surface area contributed by atoms with Crippen molar-refractivity contribution < 1.29 is 26.2 Å². The Balaban J connectivity index is 0. The van der Waals surface area contributed by atoms with E-state index in [-0.39, 0.29) is 26.2 Å². The van der Waals surface area contributed by atoms with Crippen molar-refractivity contribution >= 4 is 0 Å². The fourth-order valence-corrected chi connectivity index (χ4v) is 0.928. The minimum absolute atomic E-state index is 0. The van der Waals surface area contributed by atoms with Crippen LogP contribution in [0.4, 0.5) is 0 Å². The Bertz CT molecular complexity index is 259. The summed E-state index contributed by atoms with van der Waals surface area (Å²) in [6.45, 7) is 10.2. The van der Waals surface area contributed by atoms with Gasteiger partial charge in [0.15, 0.2) is 0 Å². The Morgan fingerprint density at radius 1 is 1.47 bits per heavy atom. The summed E-state index contributed by atoms with van der Waals surface area (Å²) < 4.78 is 0. The van der Waals surface area contributed by atoms with E-state index in [1.165, 1.54) is 16.7 Å². The van der Waals surface area contributed by atoms with Crippen LogP contribution >= 0.6 is 0 Å². The second-order valence-corrected chi connectivity index (χ2v) is 3.31. The van der Waals surface area contributed by atoms with Crippen molar-refractivity contribution in [2.24, 2.45) is 0 Å². The Morgan fingerprint density at radius 2 is 2.07 bits per heavy atom. The molecule has 0 saturated heterocycles. The molecule has 0 atom stereocenters. The average Bonchev–Trinajstić information content (AvgIpc) is 2.67. The number of hydrogen-bond acceptors (Lipinski definition) is 0. The first-order chi connectivity index (χ1) is 6.61. The van der Waals surface area contributed by atoms with Crippen LogP contribution in [0, 0.1) is 12.2 Å². The first kappa shape index (κ1) is 17.2. The molecule has 0 spiro atoms. The maximum atomic E-state index is 3.12. The largest absolute Gasteiger partial charge is 2.00 e. The second kappa shape index (κ2) is 10.4. The van der Waals surface area contributed by atoms with E-state index >= 15 is 0 Å². The van der Waals surface area contributed by atoms with E-state index in [0.717, 1.165) is 6.42 Å². The van der Waals surface area contributed by atoms with E-state index in [1.807, 2.05) is 13.8 Å². The average molecular weight is 280 g/mol. The van der Waals surface area contributed by atoms with Crippen LogP contribution in [0.5, 0.6) is 0 Å². The van der Waals surface area contributed by atoms with Gasteiger partial charge in [0.2, 0.25) is 0 Å². The third-order valence-corrected chi connectivity index (χ3v) is 2.27. The normalized spacial score (nSPS) is 15.1. The van der Waals surface area contributed by atoms with Crippen molar-refractivity contribution in [3.8, 4) is 0 Å². The van der Waals surface area contributed by atoms with Crippen LogP contribution in [0.25, 0.3) is 0 Å². The smallest absolute Gasteiger partial charge is 0.275 e. The third-order valence-electron chi connectivity index (χ3n) is 2.27. The molecule has 1 aliphatic rings. The van der Waals surface area contributed by atoms with Gasteiger partial charge in [-0.3, -0.25) is 12.2 Å². The van der Waals surface area contributed by atoms with E-state index < -0.39 is 0 Å². The van der Waals surface area contributed by atoms with Crippen LogP contribution < -0.4 is 0 Å². The summed E-state index contributed by atoms with van der Waals surface area (Å²) in [6, 6.07) is 0. The van der Waals surface area contributed by atoms with Crippen molar-refractivity contribution in [2.75, 3.05) is 0 Å². The Morgan fingerprint density at radius 3 is 2.20 bits per heavy atom. The molecule has 15 heavy (non-hydrogen) atoms. The summed E-state index contributed by atoms with van der Waals surface area (Å²) >= 11 is 0. The Labute approximate surface area is 114 Å². The summed E-state index contributed by atoms with van der Waals surface area (Å²) in [7, 11) is 0. The number of allylic oxidation sites excluding steroid dienone is 8. The Hall–Kier alpha value is -0.157. The second-order valence-electron chi connectivity index (χ2n) is 3.31. The molecule has 0 aromatic carbocycles. The summed E-state index contributed by atoms with van der Waals surface area (Å²) in [5.41, 5.74) is 3.83. The van der Waals surface area contributed by atoms with Gasteiger partial charge in [0.1, 0.15) is 0 Å². The molecule has 1 rings (SSSR count). The fourth-order valence-electron chi connectivity index (χ4n) is 0.928.